The molecule has 4 heteroatoms. The summed E-state index contributed by atoms with van der Waals surface area (Å²) in [4.78, 5) is 8.02. The van der Waals surface area contributed by atoms with Gasteiger partial charge in [0.1, 0.15) is 11.3 Å². The second-order valence-electron chi connectivity index (χ2n) is 4.11. The van der Waals surface area contributed by atoms with Crippen LogP contribution in [0.5, 0.6) is 0 Å². The van der Waals surface area contributed by atoms with Crippen LogP contribution in [0.3, 0.4) is 0 Å². The summed E-state index contributed by atoms with van der Waals surface area (Å²) in [6.45, 7) is 0. The first-order valence-electron chi connectivity index (χ1n) is 5.60. The van der Waals surface area contributed by atoms with E-state index in [1.807, 2.05) is 30.0 Å². The average molecular weight is 253 g/mol. The van der Waals surface area contributed by atoms with Crippen molar-refractivity contribution in [3.8, 4) is 0 Å². The molecule has 0 bridgehead atoms. The van der Waals surface area contributed by atoms with Gasteiger partial charge in [-0.05, 0) is 30.7 Å². The molecule has 1 aromatic carbocycles. The minimum absolute atomic E-state index is 0.525. The van der Waals surface area contributed by atoms with Crippen molar-refractivity contribution < 1.29 is 0 Å². The topological polar surface area (TPSA) is 28.7 Å². The molecule has 1 unspecified atom stereocenters. The highest BCUT2D eigenvalue weighted by atomic mass is 35.5. The SMILES string of the molecule is Clc1cccc2[nH]c(C3CCCCS3)nc12. The summed E-state index contributed by atoms with van der Waals surface area (Å²) >= 11 is 8.12. The number of fused-ring (bicyclic) bond motifs is 1. The Morgan fingerprint density at radius 2 is 2.31 bits per heavy atom. The third kappa shape index (κ3) is 1.82. The van der Waals surface area contributed by atoms with Crippen LogP contribution in [-0.4, -0.2) is 15.7 Å². The van der Waals surface area contributed by atoms with E-state index in [9.17, 15) is 0 Å². The van der Waals surface area contributed by atoms with Gasteiger partial charge in [-0.25, -0.2) is 4.98 Å². The largest absolute Gasteiger partial charge is 0.341 e. The molecule has 1 saturated heterocycles. The zero-order valence-electron chi connectivity index (χ0n) is 8.87. The van der Waals surface area contributed by atoms with Gasteiger partial charge >= 0.3 is 0 Å². The standard InChI is InChI=1S/C12H13ClN2S/c13-8-4-3-5-9-11(8)15-12(14-9)10-6-1-2-7-16-10/h3-5,10H,1-2,6-7H2,(H,14,15). The number of hydrogen-bond acceptors (Lipinski definition) is 2. The van der Waals surface area contributed by atoms with Gasteiger partial charge in [0.2, 0.25) is 0 Å². The van der Waals surface area contributed by atoms with Gasteiger partial charge in [0.25, 0.3) is 0 Å². The summed E-state index contributed by atoms with van der Waals surface area (Å²) in [7, 11) is 0. The predicted molar refractivity (Wildman–Crippen MR) is 70.2 cm³/mol. The van der Waals surface area contributed by atoms with Crippen molar-refractivity contribution in [2.24, 2.45) is 0 Å². The third-order valence-corrected chi connectivity index (χ3v) is 4.66. The fourth-order valence-electron chi connectivity index (χ4n) is 2.13. The normalized spacial score (nSPS) is 21.4. The fraction of sp³-hybridized carbons (Fsp3) is 0.417. The van der Waals surface area contributed by atoms with Gasteiger partial charge in [-0.3, -0.25) is 0 Å². The van der Waals surface area contributed by atoms with E-state index in [1.165, 1.54) is 25.0 Å². The predicted octanol–water partition coefficient (Wildman–Crippen LogP) is 4.17. The number of benzene rings is 1. The summed E-state index contributed by atoms with van der Waals surface area (Å²) in [5, 5.41) is 1.26. The second-order valence-corrected chi connectivity index (χ2v) is 5.83. The van der Waals surface area contributed by atoms with Gasteiger partial charge < -0.3 is 4.98 Å². The molecule has 84 valence electrons. The number of thioether (sulfide) groups is 1. The molecule has 0 radical (unpaired) electrons. The molecule has 0 spiro atoms. The fourth-order valence-corrected chi connectivity index (χ4v) is 3.60. The van der Waals surface area contributed by atoms with Crippen LogP contribution < -0.4 is 0 Å². The van der Waals surface area contributed by atoms with Crippen molar-refractivity contribution in [3.05, 3.63) is 29.0 Å². The van der Waals surface area contributed by atoms with Gasteiger partial charge in [-0.2, -0.15) is 11.8 Å². The van der Waals surface area contributed by atoms with Crippen molar-refractivity contribution in [3.63, 3.8) is 0 Å². The van der Waals surface area contributed by atoms with Crippen LogP contribution >= 0.6 is 23.4 Å². The number of rotatable bonds is 1. The molecule has 1 fully saturated rings. The van der Waals surface area contributed by atoms with E-state index >= 15 is 0 Å². The molecule has 0 saturated carbocycles. The molecule has 1 aromatic heterocycles. The molecule has 0 aliphatic carbocycles. The number of nitrogens with zero attached hydrogens (tertiary/aromatic N) is 1. The first-order chi connectivity index (χ1) is 7.84. The zero-order valence-corrected chi connectivity index (χ0v) is 10.4. The van der Waals surface area contributed by atoms with Crippen LogP contribution in [0.1, 0.15) is 30.3 Å². The summed E-state index contributed by atoms with van der Waals surface area (Å²) in [6, 6.07) is 5.88. The second kappa shape index (κ2) is 4.30. The number of halogens is 1. The number of para-hydroxylation sites is 1. The van der Waals surface area contributed by atoms with Crippen LogP contribution in [0.2, 0.25) is 5.02 Å². The average Bonchev–Trinajstić information content (AvgIpc) is 2.76. The highest BCUT2D eigenvalue weighted by molar-refractivity contribution is 7.99. The summed E-state index contributed by atoms with van der Waals surface area (Å²) < 4.78 is 0. The van der Waals surface area contributed by atoms with E-state index in [0.29, 0.717) is 5.25 Å². The van der Waals surface area contributed by atoms with Crippen LogP contribution in [0, 0.1) is 0 Å². The van der Waals surface area contributed by atoms with Gasteiger partial charge in [0.05, 0.1) is 15.8 Å². The molecule has 1 atom stereocenters. The Morgan fingerprint density at radius 3 is 3.06 bits per heavy atom. The van der Waals surface area contributed by atoms with Gasteiger partial charge in [-0.1, -0.05) is 24.1 Å². The Labute approximate surface area is 104 Å². The van der Waals surface area contributed by atoms with Crippen molar-refractivity contribution in [2.75, 3.05) is 5.75 Å². The molecule has 16 heavy (non-hydrogen) atoms. The minimum Gasteiger partial charge on any atom is -0.341 e. The van der Waals surface area contributed by atoms with Crippen molar-refractivity contribution in [1.82, 2.24) is 9.97 Å². The van der Waals surface area contributed by atoms with E-state index in [-0.39, 0.29) is 0 Å². The lowest BCUT2D eigenvalue weighted by atomic mass is 10.2. The number of aromatic amines is 1. The number of hydrogen-bond donors (Lipinski definition) is 1. The lowest BCUT2D eigenvalue weighted by Gasteiger charge is -2.18. The number of nitrogens with one attached hydrogen (secondary N) is 1. The molecular formula is C12H13ClN2S. The maximum atomic E-state index is 6.12. The van der Waals surface area contributed by atoms with E-state index < -0.39 is 0 Å². The highest BCUT2D eigenvalue weighted by Crippen LogP contribution is 2.38. The Morgan fingerprint density at radius 1 is 1.38 bits per heavy atom. The van der Waals surface area contributed by atoms with Crippen LogP contribution in [0.4, 0.5) is 0 Å². The van der Waals surface area contributed by atoms with Crippen LogP contribution in [-0.2, 0) is 0 Å². The molecule has 0 amide bonds. The van der Waals surface area contributed by atoms with E-state index in [1.54, 1.807) is 0 Å². The quantitative estimate of drug-likeness (QED) is 0.825. The first-order valence-corrected chi connectivity index (χ1v) is 7.03. The molecule has 2 aromatic rings. The monoisotopic (exact) mass is 252 g/mol. The molecule has 1 aliphatic heterocycles. The third-order valence-electron chi connectivity index (χ3n) is 2.97. The lowest BCUT2D eigenvalue weighted by molar-refractivity contribution is 0.668. The Kier molecular flexibility index (Phi) is 2.82. The molecule has 1 N–H and O–H groups in total. The van der Waals surface area contributed by atoms with E-state index in [4.69, 9.17) is 11.6 Å². The zero-order chi connectivity index (χ0) is 11.0. The summed E-state index contributed by atoms with van der Waals surface area (Å²) in [5.74, 6) is 2.34. The number of imidazole rings is 1. The Balaban J connectivity index is 2.01. The maximum Gasteiger partial charge on any atom is 0.120 e. The van der Waals surface area contributed by atoms with Crippen molar-refractivity contribution >= 4 is 34.4 Å². The van der Waals surface area contributed by atoms with E-state index in [0.717, 1.165) is 21.9 Å². The van der Waals surface area contributed by atoms with Crippen molar-refractivity contribution in [2.45, 2.75) is 24.5 Å². The maximum absolute atomic E-state index is 6.12. The molecule has 2 nitrogen and oxygen atoms in total. The number of H-pyrrole nitrogens is 1. The minimum atomic E-state index is 0.525. The molecular weight excluding hydrogens is 240 g/mol. The molecule has 1 aliphatic rings. The van der Waals surface area contributed by atoms with Gasteiger partial charge in [-0.15, -0.1) is 0 Å². The van der Waals surface area contributed by atoms with Crippen LogP contribution in [0.25, 0.3) is 11.0 Å². The van der Waals surface area contributed by atoms with Gasteiger partial charge in [0.15, 0.2) is 0 Å². The Hall–Kier alpha value is -0.670. The lowest BCUT2D eigenvalue weighted by Crippen LogP contribution is -2.03. The first kappa shape index (κ1) is 10.5. The van der Waals surface area contributed by atoms with Crippen LogP contribution in [0.15, 0.2) is 18.2 Å². The summed E-state index contributed by atoms with van der Waals surface area (Å²) in [5.41, 5.74) is 1.96. The highest BCUT2D eigenvalue weighted by Gasteiger charge is 2.19. The smallest absolute Gasteiger partial charge is 0.120 e. The Bertz CT molecular complexity index is 503. The molecule has 2 heterocycles. The van der Waals surface area contributed by atoms with Gasteiger partial charge in [0, 0.05) is 0 Å². The number of aromatic nitrogens is 2. The van der Waals surface area contributed by atoms with E-state index in [2.05, 4.69) is 9.97 Å². The van der Waals surface area contributed by atoms with Crippen molar-refractivity contribution in [1.29, 1.82) is 0 Å². The molecule has 3 rings (SSSR count). The summed E-state index contributed by atoms with van der Waals surface area (Å²) in [6.07, 6.45) is 3.87.